The summed E-state index contributed by atoms with van der Waals surface area (Å²) in [6.07, 6.45) is -0.163. The van der Waals surface area contributed by atoms with E-state index < -0.39 is 31.9 Å². The predicted octanol–water partition coefficient (Wildman–Crippen LogP) is 2.04. The van der Waals surface area contributed by atoms with Crippen molar-refractivity contribution in [1.82, 2.24) is 0 Å². The van der Waals surface area contributed by atoms with Crippen molar-refractivity contribution in [3.63, 3.8) is 0 Å². The molecule has 1 fully saturated rings. The van der Waals surface area contributed by atoms with Crippen LogP contribution in [0.1, 0.15) is 29.3 Å². The van der Waals surface area contributed by atoms with Gasteiger partial charge in [0.25, 0.3) is 10.0 Å². The van der Waals surface area contributed by atoms with E-state index in [0.29, 0.717) is 9.87 Å². The number of rotatable bonds is 6. The maximum absolute atomic E-state index is 13.0. The zero-order chi connectivity index (χ0) is 22.1. The molecule has 0 unspecified atom stereocenters. The fraction of sp³-hybridized carbons (Fsp3) is 0.263. The molecule has 1 aliphatic rings. The smallest absolute Gasteiger partial charge is 0.340 e. The van der Waals surface area contributed by atoms with Gasteiger partial charge in [0, 0.05) is 6.42 Å². The third-order valence-corrected chi connectivity index (χ3v) is 7.64. The molecular weight excluding hydrogens is 432 g/mol. The highest BCUT2D eigenvalue weighted by molar-refractivity contribution is 7.94. The van der Waals surface area contributed by atoms with Crippen molar-refractivity contribution < 1.29 is 31.2 Å². The normalized spacial score (nSPS) is 15.8. The van der Waals surface area contributed by atoms with Gasteiger partial charge in [-0.2, -0.15) is 0 Å². The first-order valence-corrected chi connectivity index (χ1v) is 12.1. The zero-order valence-corrected chi connectivity index (χ0v) is 17.9. The number of hydrogen-bond donors (Lipinski definition) is 1. The first kappa shape index (κ1) is 21.8. The monoisotopic (exact) mass is 452 g/mol. The summed E-state index contributed by atoms with van der Waals surface area (Å²) >= 11 is 0. The molecule has 1 amide bonds. The van der Waals surface area contributed by atoms with Crippen LogP contribution in [0.15, 0.2) is 47.4 Å². The van der Waals surface area contributed by atoms with E-state index in [1.807, 2.05) is 0 Å². The lowest BCUT2D eigenvalue weighted by Crippen LogP contribution is -2.29. The highest BCUT2D eigenvalue weighted by Crippen LogP contribution is 2.30. The number of sulfonamides is 2. The van der Waals surface area contributed by atoms with E-state index in [1.165, 1.54) is 31.2 Å². The van der Waals surface area contributed by atoms with Crippen LogP contribution in [0.4, 0.5) is 11.4 Å². The minimum Gasteiger partial charge on any atom is -0.462 e. The van der Waals surface area contributed by atoms with Gasteiger partial charge in [-0.25, -0.2) is 25.9 Å². The van der Waals surface area contributed by atoms with E-state index in [0.717, 1.165) is 6.07 Å². The quantitative estimate of drug-likeness (QED) is 0.665. The van der Waals surface area contributed by atoms with Crippen LogP contribution >= 0.6 is 0 Å². The van der Waals surface area contributed by atoms with Crippen LogP contribution in [-0.2, 0) is 29.6 Å². The van der Waals surface area contributed by atoms with Gasteiger partial charge in [-0.3, -0.25) is 9.52 Å². The van der Waals surface area contributed by atoms with Crippen LogP contribution < -0.4 is 9.03 Å². The molecule has 0 aliphatic carbocycles. The number of amides is 1. The van der Waals surface area contributed by atoms with Gasteiger partial charge in [0.1, 0.15) is 0 Å². The van der Waals surface area contributed by atoms with Crippen LogP contribution in [0.25, 0.3) is 0 Å². The summed E-state index contributed by atoms with van der Waals surface area (Å²) in [5.74, 6) is -1.63. The second-order valence-electron chi connectivity index (χ2n) is 6.55. The highest BCUT2D eigenvalue weighted by atomic mass is 32.2. The molecule has 0 spiro atoms. The van der Waals surface area contributed by atoms with Crippen LogP contribution in [0.3, 0.4) is 0 Å². The first-order valence-electron chi connectivity index (χ1n) is 9.02. The molecule has 3 rings (SSSR count). The number of esters is 1. The van der Waals surface area contributed by atoms with Crippen molar-refractivity contribution in [3.05, 3.63) is 53.6 Å². The number of nitrogens with zero attached hydrogens (tertiary/aromatic N) is 1. The van der Waals surface area contributed by atoms with E-state index >= 15 is 0 Å². The minimum absolute atomic E-state index is 0.0191. The van der Waals surface area contributed by atoms with E-state index in [4.69, 9.17) is 4.74 Å². The Morgan fingerprint density at radius 3 is 2.53 bits per heavy atom. The number of benzene rings is 2. The Hall–Kier alpha value is -2.92. The summed E-state index contributed by atoms with van der Waals surface area (Å²) in [5, 5.41) is 0. The van der Waals surface area contributed by atoms with Crippen molar-refractivity contribution in [2.45, 2.75) is 25.2 Å². The Morgan fingerprint density at radius 1 is 1.20 bits per heavy atom. The highest BCUT2D eigenvalue weighted by Gasteiger charge is 2.37. The van der Waals surface area contributed by atoms with Crippen LogP contribution in [0, 0.1) is 6.92 Å². The number of carbonyl (C=O) groups is 2. The lowest BCUT2D eigenvalue weighted by molar-refractivity contribution is -0.116. The van der Waals surface area contributed by atoms with Gasteiger partial charge in [0.05, 0.1) is 34.2 Å². The Morgan fingerprint density at radius 2 is 1.90 bits per heavy atom. The summed E-state index contributed by atoms with van der Waals surface area (Å²) < 4.78 is 58.4. The molecule has 0 bridgehead atoms. The fourth-order valence-corrected chi connectivity index (χ4v) is 5.83. The SMILES string of the molecule is CCOC(=O)c1ccccc1NS(=O)(=O)c1cc(N2C(=O)CCS2(=O)=O)ccc1C. The average Bonchev–Trinajstić information content (AvgIpc) is 2.95. The standard InChI is InChI=1S/C19H20N2O7S2/c1-3-28-19(23)15-6-4-5-7-16(15)20-30(26,27)17-12-14(9-8-13(17)2)21-18(22)10-11-29(21,24)25/h4-9,12,20H,3,10-11H2,1-2H3. The topological polar surface area (TPSA) is 127 Å². The van der Waals surface area contributed by atoms with Gasteiger partial charge >= 0.3 is 5.97 Å². The third kappa shape index (κ3) is 4.17. The van der Waals surface area contributed by atoms with Crippen molar-refractivity contribution in [3.8, 4) is 0 Å². The molecule has 2 aromatic carbocycles. The van der Waals surface area contributed by atoms with E-state index in [1.54, 1.807) is 19.1 Å². The number of aryl methyl sites for hydroxylation is 1. The predicted molar refractivity (Wildman–Crippen MR) is 110 cm³/mol. The number of hydrogen-bond acceptors (Lipinski definition) is 7. The molecule has 1 heterocycles. The molecular formula is C19H20N2O7S2. The maximum Gasteiger partial charge on any atom is 0.340 e. The summed E-state index contributed by atoms with van der Waals surface area (Å²) in [4.78, 5) is 23.9. The fourth-order valence-electron chi connectivity index (χ4n) is 3.03. The molecule has 9 nitrogen and oxygen atoms in total. The molecule has 160 valence electrons. The molecule has 1 aliphatic heterocycles. The Balaban J connectivity index is 2.02. The van der Waals surface area contributed by atoms with Crippen LogP contribution in [0.5, 0.6) is 0 Å². The van der Waals surface area contributed by atoms with Crippen molar-refractivity contribution in [1.29, 1.82) is 0 Å². The minimum atomic E-state index is -4.21. The Labute approximate surface area is 174 Å². The van der Waals surface area contributed by atoms with Gasteiger partial charge in [-0.05, 0) is 43.7 Å². The number of carbonyl (C=O) groups excluding carboxylic acids is 2. The number of anilines is 2. The van der Waals surface area contributed by atoms with Crippen LogP contribution in [0.2, 0.25) is 0 Å². The average molecular weight is 453 g/mol. The third-order valence-electron chi connectivity index (χ3n) is 4.44. The molecule has 2 aromatic rings. The van der Waals surface area contributed by atoms with Crippen molar-refractivity contribution >= 4 is 43.3 Å². The largest absolute Gasteiger partial charge is 0.462 e. The maximum atomic E-state index is 13.0. The lowest BCUT2D eigenvalue weighted by Gasteiger charge is -2.18. The van der Waals surface area contributed by atoms with E-state index in [9.17, 15) is 26.4 Å². The lowest BCUT2D eigenvalue weighted by atomic mass is 10.2. The Bertz CT molecular complexity index is 1220. The van der Waals surface area contributed by atoms with Gasteiger partial charge in [0.2, 0.25) is 15.9 Å². The summed E-state index contributed by atoms with van der Waals surface area (Å²) in [6, 6.07) is 9.89. The summed E-state index contributed by atoms with van der Waals surface area (Å²) in [6.45, 7) is 3.29. The van der Waals surface area contributed by atoms with Crippen LogP contribution in [-0.4, -0.2) is 41.1 Å². The first-order chi connectivity index (χ1) is 14.1. The zero-order valence-electron chi connectivity index (χ0n) is 16.3. The molecule has 0 radical (unpaired) electrons. The number of nitrogens with one attached hydrogen (secondary N) is 1. The van der Waals surface area contributed by atoms with E-state index in [2.05, 4.69) is 4.72 Å². The molecule has 1 N–H and O–H groups in total. The molecule has 0 atom stereocenters. The molecule has 1 saturated heterocycles. The van der Waals surface area contributed by atoms with Gasteiger partial charge in [-0.15, -0.1) is 0 Å². The molecule has 11 heteroatoms. The second kappa shape index (κ2) is 8.07. The molecule has 30 heavy (non-hydrogen) atoms. The summed E-state index contributed by atoms with van der Waals surface area (Å²) in [5.41, 5.74) is 0.339. The van der Waals surface area contributed by atoms with E-state index in [-0.39, 0.29) is 40.6 Å². The molecule has 0 saturated carbocycles. The van der Waals surface area contributed by atoms with Gasteiger partial charge in [-0.1, -0.05) is 18.2 Å². The second-order valence-corrected chi connectivity index (χ2v) is 10.1. The van der Waals surface area contributed by atoms with Gasteiger partial charge < -0.3 is 4.74 Å². The number of ether oxygens (including phenoxy) is 1. The summed E-state index contributed by atoms with van der Waals surface area (Å²) in [7, 11) is -8.05. The number of para-hydroxylation sites is 1. The van der Waals surface area contributed by atoms with Crippen molar-refractivity contribution in [2.24, 2.45) is 0 Å². The van der Waals surface area contributed by atoms with Crippen molar-refractivity contribution in [2.75, 3.05) is 21.4 Å². The van der Waals surface area contributed by atoms with Gasteiger partial charge in [0.15, 0.2) is 0 Å². The Kier molecular flexibility index (Phi) is 5.86. The molecule has 0 aromatic heterocycles.